The van der Waals surface area contributed by atoms with Crippen molar-refractivity contribution in [1.29, 1.82) is 0 Å². The highest BCUT2D eigenvalue weighted by atomic mass is 32.2. The average molecular weight is 637 g/mol. The molecular weight excluding hydrogens is 601 g/mol. The lowest BCUT2D eigenvalue weighted by Crippen LogP contribution is -2.55. The van der Waals surface area contributed by atoms with Crippen molar-refractivity contribution < 1.29 is 22.8 Å². The Balaban J connectivity index is 1.27. The minimum Gasteiger partial charge on any atom is -0.361 e. The van der Waals surface area contributed by atoms with Gasteiger partial charge in [-0.05, 0) is 56.1 Å². The van der Waals surface area contributed by atoms with E-state index in [4.69, 9.17) is 0 Å². The number of carbonyl (C=O) groups is 3. The maximum absolute atomic E-state index is 13.5. The van der Waals surface area contributed by atoms with Gasteiger partial charge in [0.2, 0.25) is 27.6 Å². The molecule has 232 valence electrons. The van der Waals surface area contributed by atoms with E-state index in [-0.39, 0.29) is 28.9 Å². The van der Waals surface area contributed by atoms with Crippen LogP contribution in [0.3, 0.4) is 0 Å². The maximum atomic E-state index is 13.5. The van der Waals surface area contributed by atoms with Crippen LogP contribution in [-0.4, -0.2) is 79.6 Å². The Labute approximate surface area is 260 Å². The number of H-pyrrole nitrogens is 1. The van der Waals surface area contributed by atoms with Gasteiger partial charge in [0.15, 0.2) is 5.01 Å². The van der Waals surface area contributed by atoms with Crippen LogP contribution in [0.15, 0.2) is 72.4 Å². The molecule has 1 aliphatic heterocycles. The standard InChI is InChI=1S/C31H36N6O5S2/c1-37-14-11-22(12-15-37)28(36-44(41,42)20-21-7-3-2-4-8-21)30(40)34-19-27(38)35-26(29(39)31-32-13-16-43-31)17-23-18-33-25-10-6-5-9-24(23)25/h2-10,13,16,18,22,26,28,33,36H,11-12,14-15,17,19-20H2,1H3,(H,34,40)(H,35,38). The number of hydrogen-bond donors (Lipinski definition) is 4. The number of fused-ring (bicyclic) bond motifs is 1. The lowest BCUT2D eigenvalue weighted by Gasteiger charge is -2.33. The highest BCUT2D eigenvalue weighted by molar-refractivity contribution is 7.88. The van der Waals surface area contributed by atoms with E-state index in [1.54, 1.807) is 35.7 Å². The Morgan fingerprint density at radius 1 is 1.07 bits per heavy atom. The van der Waals surface area contributed by atoms with Crippen LogP contribution in [-0.2, 0) is 31.8 Å². The van der Waals surface area contributed by atoms with Crippen LogP contribution in [0, 0.1) is 5.92 Å². The van der Waals surface area contributed by atoms with Gasteiger partial charge in [0.1, 0.15) is 6.04 Å². The quantitative estimate of drug-likeness (QED) is 0.165. The number of Topliss-reactive ketones (excluding diaryl/α,β-unsaturated/α-hetero) is 1. The number of aromatic nitrogens is 2. The molecule has 4 N–H and O–H groups in total. The largest absolute Gasteiger partial charge is 0.361 e. The number of likely N-dealkylation sites (tertiary alicyclic amines) is 1. The molecule has 13 heteroatoms. The first-order valence-corrected chi connectivity index (χ1v) is 17.0. The zero-order valence-electron chi connectivity index (χ0n) is 24.4. The Hall–Kier alpha value is -3.91. The molecule has 0 bridgehead atoms. The molecule has 4 aromatic rings. The molecule has 2 amide bonds. The van der Waals surface area contributed by atoms with Gasteiger partial charge in [-0.25, -0.2) is 18.1 Å². The summed E-state index contributed by atoms with van der Waals surface area (Å²) in [4.78, 5) is 49.4. The number of carbonyl (C=O) groups excluding carboxylic acids is 3. The summed E-state index contributed by atoms with van der Waals surface area (Å²) >= 11 is 1.19. The van der Waals surface area contributed by atoms with Crippen molar-refractivity contribution in [1.82, 2.24) is 30.2 Å². The Kier molecular flexibility index (Phi) is 10.2. The molecule has 0 radical (unpaired) electrons. The van der Waals surface area contributed by atoms with Gasteiger partial charge >= 0.3 is 0 Å². The fourth-order valence-corrected chi connectivity index (χ4v) is 7.53. The predicted molar refractivity (Wildman–Crippen MR) is 170 cm³/mol. The molecule has 2 atom stereocenters. The molecule has 11 nitrogen and oxygen atoms in total. The van der Waals surface area contributed by atoms with Crippen LogP contribution in [0.5, 0.6) is 0 Å². The number of nitrogens with one attached hydrogen (secondary N) is 4. The van der Waals surface area contributed by atoms with Gasteiger partial charge in [0.05, 0.1) is 18.3 Å². The number of piperidine rings is 1. The first kappa shape index (κ1) is 31.5. The lowest BCUT2D eigenvalue weighted by atomic mass is 9.89. The molecule has 2 aromatic heterocycles. The first-order valence-electron chi connectivity index (χ1n) is 14.5. The van der Waals surface area contributed by atoms with Gasteiger partial charge < -0.3 is 20.5 Å². The number of benzene rings is 2. The molecular formula is C31H36N6O5S2. The Bertz CT molecular complexity index is 1680. The van der Waals surface area contributed by atoms with Gasteiger partial charge in [-0.15, -0.1) is 11.3 Å². The third-order valence-electron chi connectivity index (χ3n) is 7.84. The molecule has 0 aliphatic carbocycles. The number of rotatable bonds is 13. The summed E-state index contributed by atoms with van der Waals surface area (Å²) in [5.74, 6) is -1.98. The number of ketones is 1. The van der Waals surface area contributed by atoms with Crippen LogP contribution in [0.25, 0.3) is 10.9 Å². The van der Waals surface area contributed by atoms with Crippen molar-refractivity contribution in [2.24, 2.45) is 5.92 Å². The second-order valence-corrected chi connectivity index (χ2v) is 13.7. The van der Waals surface area contributed by atoms with Gasteiger partial charge in [-0.3, -0.25) is 14.4 Å². The monoisotopic (exact) mass is 636 g/mol. The van der Waals surface area contributed by atoms with E-state index in [1.807, 2.05) is 37.5 Å². The van der Waals surface area contributed by atoms with Gasteiger partial charge in [-0.1, -0.05) is 48.5 Å². The minimum absolute atomic E-state index is 0.222. The van der Waals surface area contributed by atoms with Crippen LogP contribution >= 0.6 is 11.3 Å². The summed E-state index contributed by atoms with van der Waals surface area (Å²) < 4.78 is 28.8. The summed E-state index contributed by atoms with van der Waals surface area (Å²) in [6.45, 7) is 1.03. The number of hydrogen-bond acceptors (Lipinski definition) is 8. The van der Waals surface area contributed by atoms with E-state index < -0.39 is 40.5 Å². The van der Waals surface area contributed by atoms with Crippen LogP contribution < -0.4 is 15.4 Å². The van der Waals surface area contributed by atoms with Crippen molar-refractivity contribution in [2.75, 3.05) is 26.7 Å². The zero-order chi connectivity index (χ0) is 31.1. The normalized spacial score (nSPS) is 15.9. The highest BCUT2D eigenvalue weighted by Gasteiger charge is 2.34. The second-order valence-electron chi connectivity index (χ2n) is 11.1. The number of nitrogens with zero attached hydrogens (tertiary/aromatic N) is 2. The summed E-state index contributed by atoms with van der Waals surface area (Å²) in [5.41, 5.74) is 2.37. The minimum atomic E-state index is -3.86. The number of aromatic amines is 1. The topological polar surface area (TPSA) is 153 Å². The van der Waals surface area contributed by atoms with Crippen molar-refractivity contribution in [2.45, 2.75) is 37.1 Å². The van der Waals surface area contributed by atoms with Crippen molar-refractivity contribution in [3.63, 3.8) is 0 Å². The van der Waals surface area contributed by atoms with E-state index in [0.29, 0.717) is 18.4 Å². The van der Waals surface area contributed by atoms with Gasteiger partial charge in [0.25, 0.3) is 0 Å². The smallest absolute Gasteiger partial charge is 0.240 e. The second kappa shape index (κ2) is 14.2. The fourth-order valence-electron chi connectivity index (χ4n) is 5.50. The third kappa shape index (κ3) is 8.17. The third-order valence-corrected chi connectivity index (χ3v) is 9.95. The van der Waals surface area contributed by atoms with Gasteiger partial charge in [-0.2, -0.15) is 0 Å². The maximum Gasteiger partial charge on any atom is 0.240 e. The Morgan fingerprint density at radius 3 is 2.52 bits per heavy atom. The molecule has 2 unspecified atom stereocenters. The average Bonchev–Trinajstić information content (AvgIpc) is 3.70. The van der Waals surface area contributed by atoms with Crippen molar-refractivity contribution >= 4 is 49.9 Å². The van der Waals surface area contributed by atoms with E-state index >= 15 is 0 Å². The van der Waals surface area contributed by atoms with Crippen LogP contribution in [0.2, 0.25) is 0 Å². The lowest BCUT2D eigenvalue weighted by molar-refractivity contribution is -0.128. The van der Waals surface area contributed by atoms with E-state index in [1.165, 1.54) is 17.5 Å². The van der Waals surface area contributed by atoms with Crippen molar-refractivity contribution in [3.05, 3.63) is 88.5 Å². The van der Waals surface area contributed by atoms with E-state index in [0.717, 1.165) is 29.6 Å². The number of para-hydroxylation sites is 1. The van der Waals surface area contributed by atoms with E-state index in [9.17, 15) is 22.8 Å². The summed E-state index contributed by atoms with van der Waals surface area (Å²) in [6.07, 6.45) is 4.83. The molecule has 44 heavy (non-hydrogen) atoms. The van der Waals surface area contributed by atoms with E-state index in [2.05, 4.69) is 30.2 Å². The van der Waals surface area contributed by atoms with Crippen LogP contribution in [0.4, 0.5) is 0 Å². The molecule has 0 spiro atoms. The molecule has 2 aromatic carbocycles. The SMILES string of the molecule is CN1CCC(C(NS(=O)(=O)Cc2ccccc2)C(=O)NCC(=O)NC(Cc2c[nH]c3ccccc23)C(=O)c2nccs2)CC1. The Morgan fingerprint density at radius 2 is 1.80 bits per heavy atom. The molecule has 1 fully saturated rings. The van der Waals surface area contributed by atoms with Gasteiger partial charge in [0, 0.05) is 35.1 Å². The fraction of sp³-hybridized carbons (Fsp3) is 0.355. The first-order chi connectivity index (χ1) is 21.2. The van der Waals surface area contributed by atoms with Crippen LogP contribution in [0.1, 0.15) is 33.8 Å². The summed E-state index contributed by atoms with van der Waals surface area (Å²) in [7, 11) is -1.88. The molecule has 3 heterocycles. The number of sulfonamides is 1. The zero-order valence-corrected chi connectivity index (χ0v) is 26.0. The molecule has 0 saturated carbocycles. The summed E-state index contributed by atoms with van der Waals surface area (Å²) in [6, 6.07) is 14.5. The molecule has 5 rings (SSSR count). The number of thiazole rings is 1. The summed E-state index contributed by atoms with van der Waals surface area (Å²) in [5, 5.41) is 8.30. The molecule has 1 saturated heterocycles. The molecule has 1 aliphatic rings. The predicted octanol–water partition coefficient (Wildman–Crippen LogP) is 2.48. The highest BCUT2D eigenvalue weighted by Crippen LogP contribution is 2.22. The van der Waals surface area contributed by atoms with Crippen molar-refractivity contribution in [3.8, 4) is 0 Å². The number of amides is 2.